The van der Waals surface area contributed by atoms with Gasteiger partial charge in [-0.3, -0.25) is 4.90 Å². The second-order valence-corrected chi connectivity index (χ2v) is 2.72. The average Bonchev–Trinajstić information content (AvgIpc) is 1.98. The van der Waals surface area contributed by atoms with E-state index in [9.17, 15) is 0 Å². The molecule has 1 rings (SSSR count). The van der Waals surface area contributed by atoms with E-state index in [4.69, 9.17) is 10.5 Å². The molecule has 62 valence electrons. The zero-order valence-corrected chi connectivity index (χ0v) is 6.84. The number of likely N-dealkylation sites (N-methyl/N-ethyl adjacent to an activating group) is 1. The van der Waals surface area contributed by atoms with E-state index in [0.29, 0.717) is 0 Å². The Kier molecular flexibility index (Phi) is 2.54. The maximum absolute atomic E-state index is 5.71. The maximum Gasteiger partial charge on any atom is 0.136 e. The van der Waals surface area contributed by atoms with Gasteiger partial charge in [0.2, 0.25) is 0 Å². The Morgan fingerprint density at radius 2 is 2.45 bits per heavy atom. The summed E-state index contributed by atoms with van der Waals surface area (Å²) in [6.45, 7) is 5.28. The van der Waals surface area contributed by atoms with Crippen LogP contribution in [0.15, 0.2) is 24.3 Å². The molecule has 0 amide bonds. The number of nitrogens with two attached hydrogens (primary N) is 1. The molecule has 0 bridgehead atoms. The average molecular weight is 154 g/mol. The monoisotopic (exact) mass is 154 g/mol. The van der Waals surface area contributed by atoms with Crippen LogP contribution >= 0.6 is 0 Å². The van der Waals surface area contributed by atoms with E-state index in [2.05, 4.69) is 11.5 Å². The third kappa shape index (κ3) is 1.98. The fraction of sp³-hybridized carbons (Fsp3) is 0.500. The SMILES string of the molecule is C=COC1=C(N)CCN(C)C1. The van der Waals surface area contributed by atoms with E-state index >= 15 is 0 Å². The van der Waals surface area contributed by atoms with Crippen molar-refractivity contribution >= 4 is 0 Å². The van der Waals surface area contributed by atoms with Gasteiger partial charge in [0.25, 0.3) is 0 Å². The molecule has 0 atom stereocenters. The van der Waals surface area contributed by atoms with Crippen LogP contribution in [0.25, 0.3) is 0 Å². The summed E-state index contributed by atoms with van der Waals surface area (Å²) >= 11 is 0. The highest BCUT2D eigenvalue weighted by Crippen LogP contribution is 2.13. The van der Waals surface area contributed by atoms with Gasteiger partial charge in [-0.05, 0) is 7.05 Å². The van der Waals surface area contributed by atoms with Gasteiger partial charge in [-0.25, -0.2) is 0 Å². The van der Waals surface area contributed by atoms with Crippen molar-refractivity contribution in [3.8, 4) is 0 Å². The lowest BCUT2D eigenvalue weighted by Gasteiger charge is -2.24. The molecule has 0 unspecified atom stereocenters. The third-order valence-electron chi connectivity index (χ3n) is 1.76. The molecule has 1 aliphatic heterocycles. The van der Waals surface area contributed by atoms with Crippen LogP contribution in [0.3, 0.4) is 0 Å². The minimum Gasteiger partial charge on any atom is -0.467 e. The van der Waals surface area contributed by atoms with Gasteiger partial charge in [0.15, 0.2) is 0 Å². The van der Waals surface area contributed by atoms with Crippen molar-refractivity contribution in [2.24, 2.45) is 5.73 Å². The van der Waals surface area contributed by atoms with E-state index in [-0.39, 0.29) is 0 Å². The summed E-state index contributed by atoms with van der Waals surface area (Å²) in [4.78, 5) is 2.16. The molecule has 0 radical (unpaired) electrons. The van der Waals surface area contributed by atoms with Crippen LogP contribution in [0.4, 0.5) is 0 Å². The minimum atomic E-state index is 0.790. The minimum absolute atomic E-state index is 0.790. The van der Waals surface area contributed by atoms with Crippen molar-refractivity contribution in [1.82, 2.24) is 4.90 Å². The van der Waals surface area contributed by atoms with E-state index in [0.717, 1.165) is 31.0 Å². The van der Waals surface area contributed by atoms with Crippen molar-refractivity contribution in [3.63, 3.8) is 0 Å². The first-order valence-electron chi connectivity index (χ1n) is 3.67. The zero-order valence-electron chi connectivity index (χ0n) is 6.84. The molecular weight excluding hydrogens is 140 g/mol. The van der Waals surface area contributed by atoms with Crippen LogP contribution in [0.1, 0.15) is 6.42 Å². The smallest absolute Gasteiger partial charge is 0.136 e. The van der Waals surface area contributed by atoms with Crippen molar-refractivity contribution < 1.29 is 4.74 Å². The molecule has 3 heteroatoms. The molecule has 0 aliphatic carbocycles. The molecule has 3 nitrogen and oxygen atoms in total. The van der Waals surface area contributed by atoms with Crippen LogP contribution in [-0.4, -0.2) is 25.0 Å². The molecule has 11 heavy (non-hydrogen) atoms. The summed E-state index contributed by atoms with van der Waals surface area (Å²) in [5.74, 6) is 0.841. The highest BCUT2D eigenvalue weighted by atomic mass is 16.5. The highest BCUT2D eigenvalue weighted by molar-refractivity contribution is 5.10. The number of nitrogens with zero attached hydrogens (tertiary/aromatic N) is 1. The number of ether oxygens (including phenoxy) is 1. The highest BCUT2D eigenvalue weighted by Gasteiger charge is 2.14. The van der Waals surface area contributed by atoms with Gasteiger partial charge >= 0.3 is 0 Å². The Morgan fingerprint density at radius 1 is 1.73 bits per heavy atom. The molecule has 2 N–H and O–H groups in total. The van der Waals surface area contributed by atoms with Crippen molar-refractivity contribution in [1.29, 1.82) is 0 Å². The van der Waals surface area contributed by atoms with Gasteiger partial charge in [-0.1, -0.05) is 6.58 Å². The number of hydrogen-bond donors (Lipinski definition) is 1. The molecule has 0 aromatic carbocycles. The first-order chi connectivity index (χ1) is 5.24. The molecule has 0 spiro atoms. The van der Waals surface area contributed by atoms with Gasteiger partial charge in [-0.15, -0.1) is 0 Å². The van der Waals surface area contributed by atoms with Crippen molar-refractivity contribution in [2.75, 3.05) is 20.1 Å². The van der Waals surface area contributed by atoms with E-state index < -0.39 is 0 Å². The van der Waals surface area contributed by atoms with Crippen molar-refractivity contribution in [2.45, 2.75) is 6.42 Å². The van der Waals surface area contributed by atoms with E-state index in [1.807, 2.05) is 7.05 Å². The predicted molar refractivity (Wildman–Crippen MR) is 44.6 cm³/mol. The van der Waals surface area contributed by atoms with Gasteiger partial charge in [0.05, 0.1) is 12.8 Å². The number of rotatable bonds is 2. The molecule has 0 aromatic rings. The summed E-state index contributed by atoms with van der Waals surface area (Å²) in [6, 6.07) is 0. The molecular formula is C8H14N2O. The first kappa shape index (κ1) is 8.14. The Morgan fingerprint density at radius 3 is 3.09 bits per heavy atom. The first-order valence-corrected chi connectivity index (χ1v) is 3.67. The lowest BCUT2D eigenvalue weighted by Crippen LogP contribution is -2.30. The third-order valence-corrected chi connectivity index (χ3v) is 1.76. The van der Waals surface area contributed by atoms with Gasteiger partial charge in [0, 0.05) is 18.7 Å². The van der Waals surface area contributed by atoms with Crippen LogP contribution in [0.5, 0.6) is 0 Å². The van der Waals surface area contributed by atoms with Gasteiger partial charge in [0.1, 0.15) is 5.76 Å². The van der Waals surface area contributed by atoms with Gasteiger partial charge in [-0.2, -0.15) is 0 Å². The molecule has 0 aromatic heterocycles. The number of hydrogen-bond acceptors (Lipinski definition) is 3. The Hall–Kier alpha value is -0.960. The van der Waals surface area contributed by atoms with Crippen LogP contribution < -0.4 is 5.73 Å². The zero-order chi connectivity index (χ0) is 8.27. The summed E-state index contributed by atoms with van der Waals surface area (Å²) in [7, 11) is 2.04. The lowest BCUT2D eigenvalue weighted by atomic mass is 10.2. The Balaban J connectivity index is 2.63. The second-order valence-electron chi connectivity index (χ2n) is 2.72. The van der Waals surface area contributed by atoms with Gasteiger partial charge < -0.3 is 10.5 Å². The molecule has 0 fully saturated rings. The molecule has 0 saturated carbocycles. The quantitative estimate of drug-likeness (QED) is 0.593. The summed E-state index contributed by atoms with van der Waals surface area (Å²) < 4.78 is 5.14. The van der Waals surface area contributed by atoms with Crippen LogP contribution in [0.2, 0.25) is 0 Å². The molecule has 1 aliphatic rings. The van der Waals surface area contributed by atoms with Crippen molar-refractivity contribution in [3.05, 3.63) is 24.3 Å². The van der Waals surface area contributed by atoms with E-state index in [1.54, 1.807) is 0 Å². The van der Waals surface area contributed by atoms with Crippen LogP contribution in [0, 0.1) is 0 Å². The Bertz CT molecular complexity index is 187. The largest absolute Gasteiger partial charge is 0.467 e. The standard InChI is InChI=1S/C8H14N2O/c1-3-11-8-6-10(2)5-4-7(8)9/h3H,1,4-6,9H2,2H3. The lowest BCUT2D eigenvalue weighted by molar-refractivity contribution is 0.243. The normalized spacial score (nSPS) is 20.1. The summed E-state index contributed by atoms with van der Waals surface area (Å²) in [5, 5.41) is 0. The second kappa shape index (κ2) is 3.44. The molecule has 1 heterocycles. The predicted octanol–water partition coefficient (Wildman–Crippen LogP) is 0.652. The van der Waals surface area contributed by atoms with E-state index in [1.165, 1.54) is 6.26 Å². The van der Waals surface area contributed by atoms with Crippen LogP contribution in [-0.2, 0) is 4.74 Å². The summed E-state index contributed by atoms with van der Waals surface area (Å²) in [6.07, 6.45) is 2.31. The molecule has 0 saturated heterocycles. The summed E-state index contributed by atoms with van der Waals surface area (Å²) in [5.41, 5.74) is 6.56. The fourth-order valence-corrected chi connectivity index (χ4v) is 1.09. The maximum atomic E-state index is 5.71. The fourth-order valence-electron chi connectivity index (χ4n) is 1.09. The Labute approximate surface area is 67.1 Å². The topological polar surface area (TPSA) is 38.5 Å².